The number of hydrogen-bond donors (Lipinski definition) is 0. The Hall–Kier alpha value is -2.16. The second-order valence-corrected chi connectivity index (χ2v) is 6.93. The fourth-order valence-corrected chi connectivity index (χ4v) is 4.98. The first-order valence-electron chi connectivity index (χ1n) is 8.10. The molecule has 2 aromatic carbocycles. The van der Waals surface area contributed by atoms with Crippen molar-refractivity contribution in [1.29, 1.82) is 0 Å². The number of imide groups is 1. The predicted octanol–water partition coefficient (Wildman–Crippen LogP) is 3.38. The lowest BCUT2D eigenvalue weighted by Gasteiger charge is -2.19. The Morgan fingerprint density at radius 1 is 0.818 bits per heavy atom. The van der Waals surface area contributed by atoms with Crippen LogP contribution in [0, 0.1) is 23.7 Å². The molecule has 3 aliphatic rings. The van der Waals surface area contributed by atoms with Gasteiger partial charge in [-0.25, -0.2) is 0 Å². The van der Waals surface area contributed by atoms with Crippen LogP contribution in [0.3, 0.4) is 0 Å². The van der Waals surface area contributed by atoms with Gasteiger partial charge in [0.15, 0.2) is 0 Å². The van der Waals surface area contributed by atoms with E-state index >= 15 is 0 Å². The Morgan fingerprint density at radius 3 is 2.14 bits per heavy atom. The van der Waals surface area contributed by atoms with Crippen LogP contribution in [0.25, 0.3) is 10.8 Å². The van der Waals surface area contributed by atoms with Crippen LogP contribution >= 0.6 is 0 Å². The number of benzene rings is 2. The first-order valence-corrected chi connectivity index (χ1v) is 8.10. The third-order valence-corrected chi connectivity index (χ3v) is 5.92. The van der Waals surface area contributed by atoms with Gasteiger partial charge in [-0.15, -0.1) is 0 Å². The molecule has 0 radical (unpaired) electrons. The molecule has 1 saturated heterocycles. The number of amides is 2. The van der Waals surface area contributed by atoms with Crippen molar-refractivity contribution in [3.05, 3.63) is 42.5 Å². The molecule has 1 heterocycles. The molecular weight excluding hydrogens is 274 g/mol. The molecule has 3 fully saturated rings. The molecule has 0 aromatic heterocycles. The number of hydrogen-bond acceptors (Lipinski definition) is 2. The van der Waals surface area contributed by atoms with E-state index in [0.29, 0.717) is 11.8 Å². The lowest BCUT2D eigenvalue weighted by molar-refractivity contribution is -0.123. The highest BCUT2D eigenvalue weighted by molar-refractivity contribution is 6.23. The van der Waals surface area contributed by atoms with Crippen molar-refractivity contribution < 1.29 is 9.59 Å². The van der Waals surface area contributed by atoms with Crippen LogP contribution in [0.4, 0.5) is 5.69 Å². The summed E-state index contributed by atoms with van der Waals surface area (Å²) in [5.41, 5.74) is 0.738. The Kier molecular flexibility index (Phi) is 2.36. The maximum atomic E-state index is 12.8. The Labute approximate surface area is 128 Å². The minimum absolute atomic E-state index is 0.0393. The van der Waals surface area contributed by atoms with E-state index in [2.05, 4.69) is 0 Å². The molecule has 3 nitrogen and oxygen atoms in total. The quantitative estimate of drug-likeness (QED) is 0.755. The number of fused-ring (bicyclic) bond motifs is 6. The van der Waals surface area contributed by atoms with E-state index in [1.807, 2.05) is 42.5 Å². The molecule has 0 unspecified atom stereocenters. The number of anilines is 1. The monoisotopic (exact) mass is 291 g/mol. The third-order valence-electron chi connectivity index (χ3n) is 5.92. The molecule has 2 bridgehead atoms. The van der Waals surface area contributed by atoms with Crippen molar-refractivity contribution >= 4 is 28.3 Å². The van der Waals surface area contributed by atoms with Gasteiger partial charge in [-0.05, 0) is 54.0 Å². The summed E-state index contributed by atoms with van der Waals surface area (Å²) < 4.78 is 0. The summed E-state index contributed by atoms with van der Waals surface area (Å²) in [6.07, 6.45) is 3.32. The maximum absolute atomic E-state index is 12.8. The second-order valence-electron chi connectivity index (χ2n) is 6.93. The van der Waals surface area contributed by atoms with Crippen molar-refractivity contribution in [2.24, 2.45) is 23.7 Å². The van der Waals surface area contributed by atoms with E-state index in [1.165, 1.54) is 4.90 Å². The fourth-order valence-electron chi connectivity index (χ4n) is 4.98. The zero-order valence-corrected chi connectivity index (χ0v) is 12.2. The van der Waals surface area contributed by atoms with Crippen molar-refractivity contribution in [3.8, 4) is 0 Å². The molecule has 5 rings (SSSR count). The largest absolute Gasteiger partial charge is 0.274 e. The summed E-state index contributed by atoms with van der Waals surface area (Å²) in [6, 6.07) is 13.9. The first-order chi connectivity index (χ1) is 10.7. The summed E-state index contributed by atoms with van der Waals surface area (Å²) in [5.74, 6) is 0.874. The molecule has 2 aliphatic carbocycles. The van der Waals surface area contributed by atoms with Gasteiger partial charge in [-0.3, -0.25) is 14.5 Å². The van der Waals surface area contributed by atoms with E-state index in [-0.39, 0.29) is 23.7 Å². The van der Waals surface area contributed by atoms with Gasteiger partial charge in [-0.2, -0.15) is 0 Å². The molecular formula is C19H17NO2. The predicted molar refractivity (Wildman–Crippen MR) is 84.3 cm³/mol. The normalized spacial score (nSPS) is 33.0. The molecule has 2 saturated carbocycles. The highest BCUT2D eigenvalue weighted by atomic mass is 16.2. The summed E-state index contributed by atoms with van der Waals surface area (Å²) >= 11 is 0. The van der Waals surface area contributed by atoms with Crippen LogP contribution in [0.2, 0.25) is 0 Å². The van der Waals surface area contributed by atoms with Crippen LogP contribution in [0.1, 0.15) is 19.3 Å². The Morgan fingerprint density at radius 2 is 1.45 bits per heavy atom. The van der Waals surface area contributed by atoms with Gasteiger partial charge in [0.2, 0.25) is 11.8 Å². The van der Waals surface area contributed by atoms with Gasteiger partial charge in [0.25, 0.3) is 0 Å². The minimum atomic E-state index is -0.0438. The minimum Gasteiger partial charge on any atom is -0.274 e. The lowest BCUT2D eigenvalue weighted by atomic mass is 9.81. The lowest BCUT2D eigenvalue weighted by Crippen LogP contribution is -2.32. The highest BCUT2D eigenvalue weighted by Gasteiger charge is 2.61. The average Bonchev–Trinajstić information content (AvgIpc) is 3.21. The topological polar surface area (TPSA) is 37.4 Å². The number of carbonyl (C=O) groups excluding carboxylic acids is 2. The summed E-state index contributed by atoms with van der Waals surface area (Å²) in [4.78, 5) is 27.1. The summed E-state index contributed by atoms with van der Waals surface area (Å²) in [6.45, 7) is 0. The first kappa shape index (κ1) is 12.4. The summed E-state index contributed by atoms with van der Waals surface area (Å²) in [7, 11) is 0. The molecule has 2 aromatic rings. The van der Waals surface area contributed by atoms with E-state index in [0.717, 1.165) is 35.7 Å². The van der Waals surface area contributed by atoms with E-state index in [9.17, 15) is 9.59 Å². The molecule has 3 heteroatoms. The van der Waals surface area contributed by atoms with Gasteiger partial charge in [0, 0.05) is 0 Å². The number of nitrogens with zero attached hydrogens (tertiary/aromatic N) is 1. The molecule has 4 atom stereocenters. The molecule has 0 spiro atoms. The van der Waals surface area contributed by atoms with E-state index in [1.54, 1.807) is 0 Å². The van der Waals surface area contributed by atoms with E-state index < -0.39 is 0 Å². The molecule has 110 valence electrons. The molecule has 0 N–H and O–H groups in total. The van der Waals surface area contributed by atoms with Gasteiger partial charge in [-0.1, -0.05) is 30.3 Å². The van der Waals surface area contributed by atoms with Crippen LogP contribution in [0.5, 0.6) is 0 Å². The zero-order chi connectivity index (χ0) is 14.8. The Balaban J connectivity index is 1.59. The fraction of sp³-hybridized carbons (Fsp3) is 0.368. The molecule has 2 amide bonds. The van der Waals surface area contributed by atoms with Crippen LogP contribution < -0.4 is 4.90 Å². The number of carbonyl (C=O) groups is 2. The van der Waals surface area contributed by atoms with E-state index in [4.69, 9.17) is 0 Å². The maximum Gasteiger partial charge on any atom is 0.237 e. The van der Waals surface area contributed by atoms with Gasteiger partial charge in [0.05, 0.1) is 17.5 Å². The molecule has 1 aliphatic heterocycles. The van der Waals surface area contributed by atoms with Crippen molar-refractivity contribution in [1.82, 2.24) is 0 Å². The van der Waals surface area contributed by atoms with Crippen LogP contribution in [-0.2, 0) is 9.59 Å². The van der Waals surface area contributed by atoms with Crippen molar-refractivity contribution in [2.75, 3.05) is 4.90 Å². The highest BCUT2D eigenvalue weighted by Crippen LogP contribution is 2.56. The van der Waals surface area contributed by atoms with Gasteiger partial charge in [0.1, 0.15) is 0 Å². The average molecular weight is 291 g/mol. The van der Waals surface area contributed by atoms with Crippen LogP contribution in [-0.4, -0.2) is 11.8 Å². The standard InChI is InChI=1S/C19H17NO2/c21-18-16-13-5-6-14(9-13)17(16)19(22)20(18)15-8-7-11-3-1-2-4-12(11)10-15/h1-4,7-8,10,13-14,16-17H,5-6,9H2/t13-,14+,16+,17-. The Bertz CT molecular complexity index is 784. The smallest absolute Gasteiger partial charge is 0.237 e. The summed E-state index contributed by atoms with van der Waals surface area (Å²) in [5, 5.41) is 2.20. The third kappa shape index (κ3) is 1.46. The van der Waals surface area contributed by atoms with Gasteiger partial charge < -0.3 is 0 Å². The molecule has 22 heavy (non-hydrogen) atoms. The zero-order valence-electron chi connectivity index (χ0n) is 12.2. The van der Waals surface area contributed by atoms with Crippen LogP contribution in [0.15, 0.2) is 42.5 Å². The second kappa shape index (κ2) is 4.19. The van der Waals surface area contributed by atoms with Gasteiger partial charge >= 0.3 is 0 Å². The van der Waals surface area contributed by atoms with Crippen molar-refractivity contribution in [3.63, 3.8) is 0 Å². The number of rotatable bonds is 1. The van der Waals surface area contributed by atoms with Crippen molar-refractivity contribution in [2.45, 2.75) is 19.3 Å². The SMILES string of the molecule is O=C1[C@@H]2[C@H]3CC[C@H](C3)[C@@H]2C(=O)N1c1ccc2ccccc2c1.